The first-order valence-corrected chi connectivity index (χ1v) is 4.59. The van der Waals surface area contributed by atoms with Gasteiger partial charge in [-0.05, 0) is 6.07 Å². The molecule has 66 valence electrons. The second kappa shape index (κ2) is 3.06. The highest BCUT2D eigenvalue weighted by Crippen LogP contribution is 2.29. The number of carboxylic acid groups (broad SMARTS) is 1. The normalized spacial score (nSPS) is 10.2. The number of thiophene rings is 1. The van der Waals surface area contributed by atoms with Gasteiger partial charge in [-0.1, -0.05) is 18.2 Å². The van der Waals surface area contributed by atoms with Crippen LogP contribution in [0.4, 0.5) is 10.5 Å². The van der Waals surface area contributed by atoms with Crippen LogP contribution in [0.15, 0.2) is 29.6 Å². The minimum absolute atomic E-state index is 0.598. The lowest BCUT2D eigenvalue weighted by atomic mass is 10.2. The standard InChI is InChI=1S/C9H7NO2S/c11-9(12)10-7-5-13-8-4-2-1-3-6(7)8/h1-5,10H,(H,11,12)/p-1. The van der Waals surface area contributed by atoms with Crippen LogP contribution >= 0.6 is 11.3 Å². The zero-order valence-electron chi connectivity index (χ0n) is 6.61. The molecule has 2 aromatic rings. The molecule has 1 aromatic carbocycles. The first-order chi connectivity index (χ1) is 6.27. The van der Waals surface area contributed by atoms with Crippen LogP contribution in [-0.4, -0.2) is 6.09 Å². The molecule has 0 atom stereocenters. The lowest BCUT2D eigenvalue weighted by molar-refractivity contribution is -0.242. The molecule has 0 bridgehead atoms. The molecule has 0 unspecified atom stereocenters. The van der Waals surface area contributed by atoms with Crippen molar-refractivity contribution in [3.63, 3.8) is 0 Å². The summed E-state index contributed by atoms with van der Waals surface area (Å²) in [7, 11) is 0. The smallest absolute Gasteiger partial charge is 0.138 e. The van der Waals surface area contributed by atoms with Crippen LogP contribution in [0.1, 0.15) is 0 Å². The minimum atomic E-state index is -1.27. The Morgan fingerprint density at radius 3 is 2.92 bits per heavy atom. The van der Waals surface area contributed by atoms with Gasteiger partial charge in [-0.25, -0.2) is 0 Å². The Kier molecular flexibility index (Phi) is 1.90. The molecule has 0 spiro atoms. The van der Waals surface area contributed by atoms with Crippen molar-refractivity contribution < 1.29 is 9.90 Å². The van der Waals surface area contributed by atoms with Gasteiger partial charge < -0.3 is 15.2 Å². The van der Waals surface area contributed by atoms with E-state index in [0.717, 1.165) is 10.1 Å². The maximum atomic E-state index is 10.3. The summed E-state index contributed by atoms with van der Waals surface area (Å²) < 4.78 is 1.06. The second-order valence-electron chi connectivity index (χ2n) is 2.56. The fourth-order valence-corrected chi connectivity index (χ4v) is 2.08. The number of fused-ring (bicyclic) bond motifs is 1. The highest BCUT2D eigenvalue weighted by atomic mass is 32.1. The molecular weight excluding hydrogens is 186 g/mol. The molecule has 0 saturated carbocycles. The van der Waals surface area contributed by atoms with E-state index in [-0.39, 0.29) is 0 Å². The SMILES string of the molecule is O=C([O-])Nc1csc2ccccc12. The number of hydrogen-bond acceptors (Lipinski definition) is 3. The lowest BCUT2D eigenvalue weighted by Gasteiger charge is -2.03. The van der Waals surface area contributed by atoms with Crippen molar-refractivity contribution in [1.29, 1.82) is 0 Å². The Morgan fingerprint density at radius 2 is 2.15 bits per heavy atom. The number of carbonyl (C=O) groups is 1. The van der Waals surface area contributed by atoms with E-state index in [9.17, 15) is 9.90 Å². The Bertz CT molecular complexity index is 450. The average Bonchev–Trinajstić information content (AvgIpc) is 2.48. The van der Waals surface area contributed by atoms with E-state index in [0.29, 0.717) is 5.69 Å². The molecule has 2 rings (SSSR count). The summed E-state index contributed by atoms with van der Waals surface area (Å²) in [6, 6.07) is 7.61. The van der Waals surface area contributed by atoms with Crippen LogP contribution in [0.25, 0.3) is 10.1 Å². The van der Waals surface area contributed by atoms with Gasteiger partial charge in [0.15, 0.2) is 0 Å². The van der Waals surface area contributed by atoms with Gasteiger partial charge in [-0.2, -0.15) is 0 Å². The quantitative estimate of drug-likeness (QED) is 0.747. The Labute approximate surface area is 78.6 Å². The molecule has 0 radical (unpaired) electrons. The summed E-state index contributed by atoms with van der Waals surface area (Å²) >= 11 is 1.50. The van der Waals surface area contributed by atoms with Gasteiger partial charge in [-0.3, -0.25) is 0 Å². The second-order valence-corrected chi connectivity index (χ2v) is 3.47. The first kappa shape index (κ1) is 8.07. The lowest BCUT2D eigenvalue weighted by Crippen LogP contribution is -2.28. The number of rotatable bonds is 1. The Morgan fingerprint density at radius 1 is 1.38 bits per heavy atom. The summed E-state index contributed by atoms with van der Waals surface area (Å²) in [5.41, 5.74) is 0.598. The summed E-state index contributed by atoms with van der Waals surface area (Å²) in [6.07, 6.45) is -1.27. The van der Waals surface area contributed by atoms with Crippen LogP contribution in [0.3, 0.4) is 0 Å². The van der Waals surface area contributed by atoms with Crippen molar-refractivity contribution in [2.45, 2.75) is 0 Å². The van der Waals surface area contributed by atoms with Gasteiger partial charge >= 0.3 is 0 Å². The van der Waals surface area contributed by atoms with E-state index < -0.39 is 6.09 Å². The van der Waals surface area contributed by atoms with Gasteiger partial charge in [0.1, 0.15) is 6.09 Å². The third-order valence-electron chi connectivity index (χ3n) is 1.72. The minimum Gasteiger partial charge on any atom is -0.530 e. The molecule has 4 heteroatoms. The number of anilines is 1. The molecule has 13 heavy (non-hydrogen) atoms. The molecule has 0 aliphatic rings. The Hall–Kier alpha value is -1.55. The largest absolute Gasteiger partial charge is 0.530 e. The zero-order chi connectivity index (χ0) is 9.26. The number of carbonyl (C=O) groups excluding carboxylic acids is 1. The number of nitrogens with one attached hydrogen (secondary N) is 1. The van der Waals surface area contributed by atoms with Crippen LogP contribution in [0.2, 0.25) is 0 Å². The number of benzene rings is 1. The van der Waals surface area contributed by atoms with E-state index in [2.05, 4.69) is 5.32 Å². The van der Waals surface area contributed by atoms with E-state index in [4.69, 9.17) is 0 Å². The summed E-state index contributed by atoms with van der Waals surface area (Å²) in [4.78, 5) is 10.3. The maximum Gasteiger partial charge on any atom is 0.138 e. The van der Waals surface area contributed by atoms with Gasteiger partial charge in [0.05, 0.1) is 5.69 Å². The molecule has 3 nitrogen and oxygen atoms in total. The van der Waals surface area contributed by atoms with Crippen molar-refractivity contribution in [2.75, 3.05) is 5.32 Å². The number of hydrogen-bond donors (Lipinski definition) is 1. The van der Waals surface area contributed by atoms with Gasteiger partial charge in [0.2, 0.25) is 0 Å². The summed E-state index contributed by atoms with van der Waals surface area (Å²) in [5, 5.41) is 15.2. The van der Waals surface area contributed by atoms with Crippen LogP contribution in [-0.2, 0) is 0 Å². The van der Waals surface area contributed by atoms with E-state index in [1.165, 1.54) is 11.3 Å². The molecule has 0 fully saturated rings. The van der Waals surface area contributed by atoms with Crippen LogP contribution in [0, 0.1) is 0 Å². The molecule has 1 N–H and O–H groups in total. The van der Waals surface area contributed by atoms with Crippen molar-refractivity contribution in [3.8, 4) is 0 Å². The third-order valence-corrected chi connectivity index (χ3v) is 2.68. The predicted molar refractivity (Wildman–Crippen MR) is 50.8 cm³/mol. The van der Waals surface area contributed by atoms with E-state index in [1.54, 1.807) is 5.38 Å². The van der Waals surface area contributed by atoms with Crippen molar-refractivity contribution in [1.82, 2.24) is 0 Å². The number of amides is 1. The monoisotopic (exact) mass is 192 g/mol. The molecule has 0 aliphatic heterocycles. The molecule has 0 saturated heterocycles. The van der Waals surface area contributed by atoms with Crippen molar-refractivity contribution in [3.05, 3.63) is 29.6 Å². The van der Waals surface area contributed by atoms with Crippen molar-refractivity contribution >= 4 is 33.2 Å². The highest BCUT2D eigenvalue weighted by Gasteiger charge is 2.01. The van der Waals surface area contributed by atoms with E-state index >= 15 is 0 Å². The highest BCUT2D eigenvalue weighted by molar-refractivity contribution is 7.17. The Balaban J connectivity index is 2.51. The molecule has 1 heterocycles. The van der Waals surface area contributed by atoms with Gasteiger partial charge in [-0.15, -0.1) is 11.3 Å². The summed E-state index contributed by atoms with van der Waals surface area (Å²) in [5.74, 6) is 0. The average molecular weight is 192 g/mol. The third kappa shape index (κ3) is 1.48. The fourth-order valence-electron chi connectivity index (χ4n) is 1.18. The van der Waals surface area contributed by atoms with Gasteiger partial charge in [0, 0.05) is 15.5 Å². The van der Waals surface area contributed by atoms with Crippen LogP contribution in [0.5, 0.6) is 0 Å². The summed E-state index contributed by atoms with van der Waals surface area (Å²) in [6.45, 7) is 0. The zero-order valence-corrected chi connectivity index (χ0v) is 7.43. The predicted octanol–water partition coefficient (Wildman–Crippen LogP) is 1.66. The van der Waals surface area contributed by atoms with Crippen LogP contribution < -0.4 is 10.4 Å². The van der Waals surface area contributed by atoms with E-state index in [1.807, 2.05) is 24.3 Å². The van der Waals surface area contributed by atoms with Crippen molar-refractivity contribution in [2.24, 2.45) is 0 Å². The molecular formula is C9H6NO2S-. The topological polar surface area (TPSA) is 52.2 Å². The van der Waals surface area contributed by atoms with Gasteiger partial charge in [0.25, 0.3) is 0 Å². The molecule has 1 aromatic heterocycles. The fraction of sp³-hybridized carbons (Fsp3) is 0. The maximum absolute atomic E-state index is 10.3. The molecule has 0 aliphatic carbocycles. The molecule has 1 amide bonds. The first-order valence-electron chi connectivity index (χ1n) is 3.71.